The number of nitrogens with zero attached hydrogens (tertiary/aromatic N) is 2. The van der Waals surface area contributed by atoms with Crippen LogP contribution in [0, 0.1) is 5.92 Å². The van der Waals surface area contributed by atoms with Crippen molar-refractivity contribution in [2.45, 2.75) is 19.4 Å². The second-order valence-corrected chi connectivity index (χ2v) is 6.53. The molecule has 0 aromatic heterocycles. The van der Waals surface area contributed by atoms with E-state index in [0.717, 1.165) is 42.2 Å². The fourth-order valence-electron chi connectivity index (χ4n) is 2.23. The number of aliphatic imine (C=N–C) groups is 1. The molecule has 0 bridgehead atoms. The van der Waals surface area contributed by atoms with Crippen molar-refractivity contribution < 1.29 is 9.47 Å². The van der Waals surface area contributed by atoms with Crippen LogP contribution in [-0.2, 0) is 16.1 Å². The number of likely N-dealkylation sites (N-methyl/N-ethyl adjacent to an activating group) is 1. The largest absolute Gasteiger partial charge is 0.379 e. The van der Waals surface area contributed by atoms with E-state index < -0.39 is 0 Å². The molecule has 0 unspecified atom stereocenters. The topological polar surface area (TPSA) is 46.1 Å². The molecular weight excluding hydrogens is 453 g/mol. The molecule has 1 N–H and O–H groups in total. The van der Waals surface area contributed by atoms with Gasteiger partial charge >= 0.3 is 0 Å². The number of halogens is 2. The molecule has 1 aromatic carbocycles. The monoisotopic (exact) mass is 481 g/mol. The van der Waals surface area contributed by atoms with Crippen molar-refractivity contribution in [1.29, 1.82) is 0 Å². The van der Waals surface area contributed by atoms with Crippen molar-refractivity contribution in [3.63, 3.8) is 0 Å². The predicted octanol–water partition coefficient (Wildman–Crippen LogP) is 3.41. The van der Waals surface area contributed by atoms with Crippen LogP contribution in [0.2, 0.25) is 5.02 Å². The van der Waals surface area contributed by atoms with Crippen LogP contribution in [0.1, 0.15) is 18.4 Å². The fourth-order valence-corrected chi connectivity index (χ4v) is 2.36. The Kier molecular flexibility index (Phi) is 11.4. The quantitative estimate of drug-likeness (QED) is 0.241. The maximum Gasteiger partial charge on any atom is 0.193 e. The van der Waals surface area contributed by atoms with Gasteiger partial charge in [-0.2, -0.15) is 0 Å². The smallest absolute Gasteiger partial charge is 0.193 e. The Morgan fingerprint density at radius 3 is 2.60 bits per heavy atom. The van der Waals surface area contributed by atoms with E-state index >= 15 is 0 Å². The number of guanidine groups is 1. The van der Waals surface area contributed by atoms with Crippen molar-refractivity contribution in [1.82, 2.24) is 10.2 Å². The number of rotatable bonds is 10. The highest BCUT2D eigenvalue weighted by molar-refractivity contribution is 14.0. The van der Waals surface area contributed by atoms with Gasteiger partial charge in [-0.25, -0.2) is 0 Å². The standard InChI is InChI=1S/C18H28ClN3O2.HI/c1-20-18(22(2)10-12-24-14-15-3-4-15)21-9-11-23-13-16-5-7-17(19)8-6-16;/h5-8,15H,3-4,9-14H2,1-2H3,(H,20,21);1H. The normalized spacial score (nSPS) is 14.1. The molecule has 1 aromatic rings. The van der Waals surface area contributed by atoms with E-state index in [1.165, 1.54) is 12.8 Å². The molecule has 25 heavy (non-hydrogen) atoms. The predicted molar refractivity (Wildman–Crippen MR) is 114 cm³/mol. The van der Waals surface area contributed by atoms with Crippen LogP contribution in [0.25, 0.3) is 0 Å². The molecule has 0 radical (unpaired) electrons. The molecule has 0 atom stereocenters. The molecule has 0 spiro atoms. The van der Waals surface area contributed by atoms with E-state index in [4.69, 9.17) is 21.1 Å². The van der Waals surface area contributed by atoms with E-state index in [2.05, 4.69) is 15.2 Å². The first-order chi connectivity index (χ1) is 11.7. The highest BCUT2D eigenvalue weighted by Gasteiger charge is 2.21. The zero-order valence-corrected chi connectivity index (χ0v) is 18.1. The van der Waals surface area contributed by atoms with E-state index in [0.29, 0.717) is 19.8 Å². The van der Waals surface area contributed by atoms with Crippen LogP contribution >= 0.6 is 35.6 Å². The molecule has 0 aliphatic heterocycles. The third kappa shape index (κ3) is 9.63. The van der Waals surface area contributed by atoms with Gasteiger partial charge in [-0.1, -0.05) is 23.7 Å². The average Bonchev–Trinajstić information content (AvgIpc) is 3.41. The Morgan fingerprint density at radius 1 is 1.24 bits per heavy atom. The highest BCUT2D eigenvalue weighted by Crippen LogP contribution is 2.28. The lowest BCUT2D eigenvalue weighted by atomic mass is 10.2. The van der Waals surface area contributed by atoms with Crippen molar-refractivity contribution in [3.8, 4) is 0 Å². The average molecular weight is 482 g/mol. The van der Waals surface area contributed by atoms with Crippen molar-refractivity contribution >= 4 is 41.5 Å². The van der Waals surface area contributed by atoms with Crippen LogP contribution in [0.15, 0.2) is 29.3 Å². The first-order valence-corrected chi connectivity index (χ1v) is 8.88. The summed E-state index contributed by atoms with van der Waals surface area (Å²) in [4.78, 5) is 6.36. The summed E-state index contributed by atoms with van der Waals surface area (Å²) in [7, 11) is 3.81. The molecule has 1 aliphatic carbocycles. The molecule has 1 fully saturated rings. The molecular formula is C18H29ClIN3O2. The molecule has 5 nitrogen and oxygen atoms in total. The molecule has 1 aliphatic rings. The number of hydrogen-bond acceptors (Lipinski definition) is 3. The lowest BCUT2D eigenvalue weighted by Gasteiger charge is -2.22. The van der Waals surface area contributed by atoms with Crippen molar-refractivity contribution in [3.05, 3.63) is 34.9 Å². The molecule has 2 rings (SSSR count). The summed E-state index contributed by atoms with van der Waals surface area (Å²) >= 11 is 5.86. The van der Waals surface area contributed by atoms with Gasteiger partial charge in [0.25, 0.3) is 0 Å². The lowest BCUT2D eigenvalue weighted by Crippen LogP contribution is -2.41. The number of ether oxygens (including phenoxy) is 2. The Hall–Kier alpha value is -0.570. The van der Waals surface area contributed by atoms with Crippen LogP contribution in [0.5, 0.6) is 0 Å². The number of benzene rings is 1. The van der Waals surface area contributed by atoms with E-state index in [1.807, 2.05) is 31.3 Å². The Bertz CT molecular complexity index is 510. The second-order valence-electron chi connectivity index (χ2n) is 6.09. The van der Waals surface area contributed by atoms with Gasteiger partial charge in [-0.3, -0.25) is 4.99 Å². The lowest BCUT2D eigenvalue weighted by molar-refractivity contribution is 0.113. The first kappa shape index (κ1) is 22.5. The molecule has 0 saturated heterocycles. The zero-order valence-electron chi connectivity index (χ0n) is 15.0. The molecule has 0 amide bonds. The van der Waals surface area contributed by atoms with Gasteiger partial charge in [0, 0.05) is 38.8 Å². The molecule has 7 heteroatoms. The maximum absolute atomic E-state index is 5.86. The van der Waals surface area contributed by atoms with Crippen LogP contribution in [0.3, 0.4) is 0 Å². The minimum atomic E-state index is 0. The van der Waals surface area contributed by atoms with E-state index in [1.54, 1.807) is 7.05 Å². The first-order valence-electron chi connectivity index (χ1n) is 8.50. The van der Waals surface area contributed by atoms with Crippen LogP contribution < -0.4 is 5.32 Å². The minimum Gasteiger partial charge on any atom is -0.379 e. The Balaban J connectivity index is 0.00000312. The summed E-state index contributed by atoms with van der Waals surface area (Å²) in [6, 6.07) is 7.70. The van der Waals surface area contributed by atoms with Crippen molar-refractivity contribution in [2.24, 2.45) is 10.9 Å². The fraction of sp³-hybridized carbons (Fsp3) is 0.611. The molecule has 142 valence electrons. The van der Waals surface area contributed by atoms with Crippen LogP contribution in [-0.4, -0.2) is 57.9 Å². The minimum absolute atomic E-state index is 0. The molecule has 0 heterocycles. The highest BCUT2D eigenvalue weighted by atomic mass is 127. The van der Waals surface area contributed by atoms with Crippen LogP contribution in [0.4, 0.5) is 0 Å². The summed E-state index contributed by atoms with van der Waals surface area (Å²) in [6.45, 7) is 4.39. The Morgan fingerprint density at radius 2 is 1.96 bits per heavy atom. The Labute approximate surface area is 173 Å². The summed E-state index contributed by atoms with van der Waals surface area (Å²) in [6.07, 6.45) is 2.66. The third-order valence-electron chi connectivity index (χ3n) is 3.91. The van der Waals surface area contributed by atoms with E-state index in [9.17, 15) is 0 Å². The van der Waals surface area contributed by atoms with Gasteiger partial charge in [0.1, 0.15) is 0 Å². The number of hydrogen-bond donors (Lipinski definition) is 1. The van der Waals surface area contributed by atoms with Gasteiger partial charge in [-0.05, 0) is 36.5 Å². The maximum atomic E-state index is 5.86. The second kappa shape index (κ2) is 12.7. The summed E-state index contributed by atoms with van der Waals surface area (Å²) in [5, 5.41) is 4.04. The third-order valence-corrected chi connectivity index (χ3v) is 4.16. The molecule has 1 saturated carbocycles. The number of nitrogens with one attached hydrogen (secondary N) is 1. The van der Waals surface area contributed by atoms with Gasteiger partial charge in [-0.15, -0.1) is 24.0 Å². The van der Waals surface area contributed by atoms with Gasteiger partial charge in [0.05, 0.1) is 19.8 Å². The summed E-state index contributed by atoms with van der Waals surface area (Å²) in [5.41, 5.74) is 1.12. The zero-order chi connectivity index (χ0) is 17.2. The SMILES string of the molecule is CN=C(NCCOCc1ccc(Cl)cc1)N(C)CCOCC1CC1.I. The summed E-state index contributed by atoms with van der Waals surface area (Å²) in [5.74, 6) is 1.67. The van der Waals surface area contributed by atoms with E-state index in [-0.39, 0.29) is 24.0 Å². The van der Waals surface area contributed by atoms with Gasteiger partial charge in [0.15, 0.2) is 5.96 Å². The van der Waals surface area contributed by atoms with Crippen molar-refractivity contribution in [2.75, 3.05) is 47.0 Å². The van der Waals surface area contributed by atoms with Gasteiger partial charge in [0.2, 0.25) is 0 Å². The van der Waals surface area contributed by atoms with Gasteiger partial charge < -0.3 is 19.7 Å². The summed E-state index contributed by atoms with van der Waals surface area (Å²) < 4.78 is 11.3.